The zero-order chi connectivity index (χ0) is 14.0. The van der Waals surface area contributed by atoms with E-state index in [4.69, 9.17) is 11.6 Å². The summed E-state index contributed by atoms with van der Waals surface area (Å²) in [5.74, 6) is 0. The Bertz CT molecular complexity index is 600. The summed E-state index contributed by atoms with van der Waals surface area (Å²) in [6.45, 7) is 0. The molecule has 0 fully saturated rings. The number of hydrogen-bond acceptors (Lipinski definition) is 3. The minimum Gasteiger partial charge on any atom is -0.258 e. The molecule has 19 heavy (non-hydrogen) atoms. The maximum absolute atomic E-state index is 10.6. The van der Waals surface area contributed by atoms with E-state index in [9.17, 15) is 10.1 Å². The van der Waals surface area contributed by atoms with Crippen molar-refractivity contribution in [2.75, 3.05) is 0 Å². The molecule has 7 heteroatoms. The molecule has 0 saturated carbocycles. The molecule has 0 saturated heterocycles. The zero-order valence-corrected chi connectivity index (χ0v) is 14.2. The van der Waals surface area contributed by atoms with Gasteiger partial charge in [0.2, 0.25) is 0 Å². The second kappa shape index (κ2) is 6.35. The lowest BCUT2D eigenvalue weighted by Gasteiger charge is -2.08. The number of nitrogens with zero attached hydrogens (tertiary/aromatic N) is 1. The summed E-state index contributed by atoms with van der Waals surface area (Å²) in [5.41, 5.74) is 2.09. The molecule has 0 radical (unpaired) electrons. The Labute approximate surface area is 136 Å². The predicted molar refractivity (Wildman–Crippen MR) is 85.1 cm³/mol. The number of thiophene rings is 1. The molecule has 100 valence electrons. The number of nitro groups is 1. The van der Waals surface area contributed by atoms with Crippen LogP contribution in [-0.4, -0.2) is 4.92 Å². The number of nitro benzene ring substituents is 1. The number of halogens is 3. The second-order valence-electron chi connectivity index (χ2n) is 3.87. The summed E-state index contributed by atoms with van der Waals surface area (Å²) >= 11 is 14.9. The van der Waals surface area contributed by atoms with Crippen molar-refractivity contribution in [3.8, 4) is 0 Å². The lowest BCUT2D eigenvalue weighted by molar-refractivity contribution is -0.384. The fourth-order valence-electron chi connectivity index (χ4n) is 1.64. The summed E-state index contributed by atoms with van der Waals surface area (Å²) in [5, 5.41) is 10.4. The van der Waals surface area contributed by atoms with Crippen LogP contribution in [-0.2, 0) is 6.42 Å². The van der Waals surface area contributed by atoms with E-state index in [-0.39, 0.29) is 11.1 Å². The van der Waals surface area contributed by atoms with Crippen LogP contribution in [0.15, 0.2) is 37.9 Å². The summed E-state index contributed by atoms with van der Waals surface area (Å²) in [6.07, 6.45) is 0.626. The first-order chi connectivity index (χ1) is 8.97. The third-order valence-electron chi connectivity index (χ3n) is 2.58. The van der Waals surface area contributed by atoms with Gasteiger partial charge in [-0.1, -0.05) is 12.1 Å². The molecule has 2 aromatic rings. The van der Waals surface area contributed by atoms with Crippen LogP contribution in [0.3, 0.4) is 0 Å². The van der Waals surface area contributed by atoms with Crippen LogP contribution in [0.25, 0.3) is 0 Å². The number of rotatable bonds is 4. The van der Waals surface area contributed by atoms with Crippen LogP contribution in [0.2, 0.25) is 0 Å². The molecule has 2 rings (SSSR count). The lowest BCUT2D eigenvalue weighted by atomic mass is 10.1. The largest absolute Gasteiger partial charge is 0.269 e. The number of hydrogen-bond donors (Lipinski definition) is 0. The molecule has 0 spiro atoms. The van der Waals surface area contributed by atoms with Gasteiger partial charge in [-0.2, -0.15) is 0 Å². The molecule has 0 bridgehead atoms. The van der Waals surface area contributed by atoms with Gasteiger partial charge in [-0.15, -0.1) is 22.9 Å². The van der Waals surface area contributed by atoms with Crippen molar-refractivity contribution in [3.05, 3.63) is 59.1 Å². The Balaban J connectivity index is 2.12. The van der Waals surface area contributed by atoms with Crippen LogP contribution in [0.4, 0.5) is 5.69 Å². The van der Waals surface area contributed by atoms with Gasteiger partial charge in [-0.3, -0.25) is 10.1 Å². The fraction of sp³-hybridized carbons (Fsp3) is 0.167. The molecule has 1 unspecified atom stereocenters. The molecule has 0 N–H and O–H groups in total. The van der Waals surface area contributed by atoms with Gasteiger partial charge < -0.3 is 0 Å². The first kappa shape index (κ1) is 15.0. The van der Waals surface area contributed by atoms with Crippen molar-refractivity contribution >= 4 is 60.5 Å². The minimum absolute atomic E-state index is 0.0920. The molecule has 0 aliphatic carbocycles. The smallest absolute Gasteiger partial charge is 0.258 e. The van der Waals surface area contributed by atoms with Crippen LogP contribution in [0.1, 0.15) is 16.5 Å². The summed E-state index contributed by atoms with van der Waals surface area (Å²) in [4.78, 5) is 10.2. The van der Waals surface area contributed by atoms with Crippen molar-refractivity contribution in [3.63, 3.8) is 0 Å². The topological polar surface area (TPSA) is 43.1 Å². The molecule has 1 heterocycles. The number of alkyl halides is 1. The number of benzene rings is 1. The molecule has 1 atom stereocenters. The Morgan fingerprint density at radius 3 is 2.42 bits per heavy atom. The van der Waals surface area contributed by atoms with E-state index in [1.165, 1.54) is 12.1 Å². The SMILES string of the molecule is O=[N+]([O-])c1ccc(CC(Cl)c2cc(Br)sc2Br)cc1. The molecule has 1 aromatic heterocycles. The fourth-order valence-corrected chi connectivity index (χ4v) is 5.16. The molecular weight excluding hydrogens is 417 g/mol. The van der Waals surface area contributed by atoms with E-state index < -0.39 is 4.92 Å². The van der Waals surface area contributed by atoms with Gasteiger partial charge in [-0.25, -0.2) is 0 Å². The zero-order valence-electron chi connectivity index (χ0n) is 9.48. The molecule has 0 aliphatic heterocycles. The van der Waals surface area contributed by atoms with Crippen molar-refractivity contribution in [1.29, 1.82) is 0 Å². The highest BCUT2D eigenvalue weighted by Gasteiger charge is 2.16. The Morgan fingerprint density at radius 1 is 1.32 bits per heavy atom. The quantitative estimate of drug-likeness (QED) is 0.358. The lowest BCUT2D eigenvalue weighted by Crippen LogP contribution is -1.95. The highest BCUT2D eigenvalue weighted by atomic mass is 79.9. The van der Waals surface area contributed by atoms with Crippen LogP contribution in [0, 0.1) is 10.1 Å². The van der Waals surface area contributed by atoms with Gasteiger partial charge in [0.15, 0.2) is 0 Å². The van der Waals surface area contributed by atoms with E-state index in [2.05, 4.69) is 31.9 Å². The standard InChI is InChI=1S/C12H8Br2ClNO2S/c13-11-6-9(12(14)19-11)10(15)5-7-1-3-8(4-2-7)16(17)18/h1-4,6,10H,5H2. The van der Waals surface area contributed by atoms with Gasteiger partial charge in [0.05, 0.1) is 17.9 Å². The predicted octanol–water partition coefficient (Wildman–Crippen LogP) is 5.70. The van der Waals surface area contributed by atoms with Crippen molar-refractivity contribution < 1.29 is 4.92 Å². The molecular formula is C12H8Br2ClNO2S. The Hall–Kier alpha value is -0.430. The van der Waals surface area contributed by atoms with Crippen LogP contribution >= 0.6 is 54.8 Å². The Kier molecular flexibility index (Phi) is 5.00. The minimum atomic E-state index is -0.408. The maximum Gasteiger partial charge on any atom is 0.269 e. The summed E-state index contributed by atoms with van der Waals surface area (Å²) < 4.78 is 2.02. The van der Waals surface area contributed by atoms with Gasteiger partial charge in [0.1, 0.15) is 0 Å². The average Bonchev–Trinajstić information content (AvgIpc) is 2.69. The first-order valence-electron chi connectivity index (χ1n) is 5.29. The van der Waals surface area contributed by atoms with Crippen molar-refractivity contribution in [2.24, 2.45) is 0 Å². The van der Waals surface area contributed by atoms with Gasteiger partial charge in [0, 0.05) is 12.1 Å². The van der Waals surface area contributed by atoms with E-state index in [1.54, 1.807) is 23.5 Å². The molecule has 1 aromatic carbocycles. The summed E-state index contributed by atoms with van der Waals surface area (Å²) in [6, 6.07) is 8.46. The van der Waals surface area contributed by atoms with Crippen LogP contribution in [0.5, 0.6) is 0 Å². The van der Waals surface area contributed by atoms with E-state index in [0.29, 0.717) is 6.42 Å². The second-order valence-corrected chi connectivity index (χ2v) is 8.15. The van der Waals surface area contributed by atoms with E-state index >= 15 is 0 Å². The maximum atomic E-state index is 10.6. The highest BCUT2D eigenvalue weighted by molar-refractivity contribution is 9.12. The highest BCUT2D eigenvalue weighted by Crippen LogP contribution is 2.39. The third-order valence-corrected chi connectivity index (χ3v) is 5.36. The normalized spacial score (nSPS) is 12.4. The first-order valence-corrected chi connectivity index (χ1v) is 8.13. The van der Waals surface area contributed by atoms with Gasteiger partial charge in [-0.05, 0) is 55.5 Å². The van der Waals surface area contributed by atoms with Crippen LogP contribution < -0.4 is 0 Å². The van der Waals surface area contributed by atoms with Crippen molar-refractivity contribution in [2.45, 2.75) is 11.8 Å². The Morgan fingerprint density at radius 2 is 1.95 bits per heavy atom. The molecule has 3 nitrogen and oxygen atoms in total. The molecule has 0 amide bonds. The number of non-ortho nitro benzene ring substituents is 1. The summed E-state index contributed by atoms with van der Waals surface area (Å²) in [7, 11) is 0. The van der Waals surface area contributed by atoms with E-state index in [1.807, 2.05) is 6.07 Å². The average molecular weight is 426 g/mol. The van der Waals surface area contributed by atoms with Gasteiger partial charge >= 0.3 is 0 Å². The molecule has 0 aliphatic rings. The van der Waals surface area contributed by atoms with Crippen molar-refractivity contribution in [1.82, 2.24) is 0 Å². The van der Waals surface area contributed by atoms with E-state index in [0.717, 1.165) is 18.7 Å². The monoisotopic (exact) mass is 423 g/mol. The van der Waals surface area contributed by atoms with Gasteiger partial charge in [0.25, 0.3) is 5.69 Å². The third kappa shape index (κ3) is 3.78.